The molecule has 0 amide bonds. The second kappa shape index (κ2) is 4.36. The molecule has 0 bridgehead atoms. The fourth-order valence-electron chi connectivity index (χ4n) is 1.27. The topological polar surface area (TPSA) is 61.4 Å². The minimum absolute atomic E-state index is 0.301. The molecule has 13 heavy (non-hydrogen) atoms. The number of hydrogen-bond donors (Lipinski definition) is 2. The van der Waals surface area contributed by atoms with Crippen LogP contribution in [0.2, 0.25) is 0 Å². The number of rotatable bonds is 4. The van der Waals surface area contributed by atoms with Gasteiger partial charge < -0.3 is 5.32 Å². The summed E-state index contributed by atoms with van der Waals surface area (Å²) in [6.07, 6.45) is 2.18. The van der Waals surface area contributed by atoms with E-state index < -0.39 is 10.2 Å². The second-order valence-electron chi connectivity index (χ2n) is 3.43. The summed E-state index contributed by atoms with van der Waals surface area (Å²) in [5, 5.41) is 3.22. The van der Waals surface area contributed by atoms with Crippen molar-refractivity contribution >= 4 is 10.2 Å². The molecule has 1 heterocycles. The van der Waals surface area contributed by atoms with E-state index in [2.05, 4.69) is 10.0 Å². The van der Waals surface area contributed by atoms with E-state index in [-0.39, 0.29) is 0 Å². The van der Waals surface area contributed by atoms with E-state index in [0.29, 0.717) is 12.6 Å². The lowest BCUT2D eigenvalue weighted by Gasteiger charge is -2.15. The average Bonchev–Trinajstić information content (AvgIpc) is 2.52. The van der Waals surface area contributed by atoms with Crippen molar-refractivity contribution in [2.75, 3.05) is 27.2 Å². The van der Waals surface area contributed by atoms with Crippen LogP contribution in [0.4, 0.5) is 0 Å². The van der Waals surface area contributed by atoms with Crippen molar-refractivity contribution in [1.82, 2.24) is 14.3 Å². The van der Waals surface area contributed by atoms with E-state index in [4.69, 9.17) is 0 Å². The molecule has 1 saturated heterocycles. The largest absolute Gasteiger partial charge is 0.313 e. The van der Waals surface area contributed by atoms with Crippen molar-refractivity contribution in [2.45, 2.75) is 18.9 Å². The third kappa shape index (κ3) is 3.22. The molecule has 0 aliphatic carbocycles. The molecule has 1 unspecified atom stereocenters. The average molecular weight is 207 g/mol. The second-order valence-corrected chi connectivity index (χ2v) is 5.40. The molecule has 2 N–H and O–H groups in total. The fourth-order valence-corrected chi connectivity index (χ4v) is 1.94. The summed E-state index contributed by atoms with van der Waals surface area (Å²) in [4.78, 5) is 0. The predicted octanol–water partition coefficient (Wildman–Crippen LogP) is -0.866. The van der Waals surface area contributed by atoms with Gasteiger partial charge in [0.15, 0.2) is 0 Å². The number of nitrogens with zero attached hydrogens (tertiary/aromatic N) is 1. The maximum absolute atomic E-state index is 11.3. The van der Waals surface area contributed by atoms with E-state index in [1.807, 2.05) is 0 Å². The molecule has 0 aromatic carbocycles. The normalized spacial score (nSPS) is 24.1. The highest BCUT2D eigenvalue weighted by Gasteiger charge is 2.18. The quantitative estimate of drug-likeness (QED) is 0.630. The maximum Gasteiger partial charge on any atom is 0.278 e. The predicted molar refractivity (Wildman–Crippen MR) is 51.6 cm³/mol. The highest BCUT2D eigenvalue weighted by Crippen LogP contribution is 2.03. The van der Waals surface area contributed by atoms with Crippen LogP contribution < -0.4 is 10.0 Å². The molecule has 1 rings (SSSR count). The van der Waals surface area contributed by atoms with Gasteiger partial charge in [-0.1, -0.05) is 0 Å². The van der Waals surface area contributed by atoms with Crippen molar-refractivity contribution in [1.29, 1.82) is 0 Å². The molecule has 6 heteroatoms. The van der Waals surface area contributed by atoms with Gasteiger partial charge in [-0.15, -0.1) is 0 Å². The summed E-state index contributed by atoms with van der Waals surface area (Å²) in [5.74, 6) is 0. The van der Waals surface area contributed by atoms with Crippen LogP contribution in [-0.2, 0) is 10.2 Å². The Morgan fingerprint density at radius 2 is 2.23 bits per heavy atom. The van der Waals surface area contributed by atoms with Crippen LogP contribution in [-0.4, -0.2) is 45.9 Å². The standard InChI is InChI=1S/C7H17N3O2S/c1-10(2)13(11,12)9-6-7-4-3-5-8-7/h7-9H,3-6H2,1-2H3. The first kappa shape index (κ1) is 10.9. The molecule has 78 valence electrons. The summed E-state index contributed by atoms with van der Waals surface area (Å²) in [6.45, 7) is 1.48. The molecule has 1 atom stereocenters. The zero-order chi connectivity index (χ0) is 9.90. The minimum Gasteiger partial charge on any atom is -0.313 e. The smallest absolute Gasteiger partial charge is 0.278 e. The van der Waals surface area contributed by atoms with Gasteiger partial charge in [0, 0.05) is 26.7 Å². The van der Waals surface area contributed by atoms with Crippen molar-refractivity contribution in [3.8, 4) is 0 Å². The molecule has 0 saturated carbocycles. The Morgan fingerprint density at radius 1 is 1.54 bits per heavy atom. The first-order valence-electron chi connectivity index (χ1n) is 4.43. The van der Waals surface area contributed by atoms with Gasteiger partial charge in [-0.05, 0) is 19.4 Å². The summed E-state index contributed by atoms with van der Waals surface area (Å²) >= 11 is 0. The van der Waals surface area contributed by atoms with Gasteiger partial charge in [0.1, 0.15) is 0 Å². The van der Waals surface area contributed by atoms with E-state index in [1.165, 1.54) is 18.4 Å². The van der Waals surface area contributed by atoms with E-state index >= 15 is 0 Å². The number of nitrogens with one attached hydrogen (secondary N) is 2. The molecule has 0 spiro atoms. The molecule has 0 aromatic rings. The Kier molecular flexibility index (Phi) is 3.66. The lowest BCUT2D eigenvalue weighted by atomic mass is 10.2. The van der Waals surface area contributed by atoms with Gasteiger partial charge in [-0.25, -0.2) is 4.72 Å². The van der Waals surface area contributed by atoms with Crippen LogP contribution in [0.1, 0.15) is 12.8 Å². The monoisotopic (exact) mass is 207 g/mol. The van der Waals surface area contributed by atoms with Crippen molar-refractivity contribution < 1.29 is 8.42 Å². The Labute approximate surface area is 79.7 Å². The molecular formula is C7H17N3O2S. The van der Waals surface area contributed by atoms with Gasteiger partial charge in [0.05, 0.1) is 0 Å². The summed E-state index contributed by atoms with van der Waals surface area (Å²) in [7, 11) is -0.206. The molecule has 5 nitrogen and oxygen atoms in total. The summed E-state index contributed by atoms with van der Waals surface area (Å²) < 4.78 is 26.3. The molecule has 1 aliphatic heterocycles. The van der Waals surface area contributed by atoms with Crippen LogP contribution in [0.5, 0.6) is 0 Å². The van der Waals surface area contributed by atoms with Crippen molar-refractivity contribution in [2.24, 2.45) is 0 Å². The Balaban J connectivity index is 2.33. The highest BCUT2D eigenvalue weighted by atomic mass is 32.2. The van der Waals surface area contributed by atoms with E-state index in [9.17, 15) is 8.42 Å². The van der Waals surface area contributed by atoms with Crippen LogP contribution in [0.15, 0.2) is 0 Å². The third-order valence-corrected chi connectivity index (χ3v) is 3.65. The molecular weight excluding hydrogens is 190 g/mol. The first-order chi connectivity index (χ1) is 6.02. The van der Waals surface area contributed by atoms with Crippen LogP contribution in [0.25, 0.3) is 0 Å². The SMILES string of the molecule is CN(C)S(=O)(=O)NCC1CCCN1. The van der Waals surface area contributed by atoms with Crippen molar-refractivity contribution in [3.63, 3.8) is 0 Å². The minimum atomic E-state index is -3.24. The maximum atomic E-state index is 11.3. The zero-order valence-corrected chi connectivity index (χ0v) is 8.89. The van der Waals surface area contributed by atoms with Crippen molar-refractivity contribution in [3.05, 3.63) is 0 Å². The first-order valence-corrected chi connectivity index (χ1v) is 5.87. The van der Waals surface area contributed by atoms with E-state index in [0.717, 1.165) is 19.4 Å². The molecule has 1 fully saturated rings. The van der Waals surface area contributed by atoms with Crippen LogP contribution in [0, 0.1) is 0 Å². The molecule has 0 aromatic heterocycles. The zero-order valence-electron chi connectivity index (χ0n) is 8.08. The lowest BCUT2D eigenvalue weighted by Crippen LogP contribution is -2.42. The number of hydrogen-bond acceptors (Lipinski definition) is 3. The van der Waals surface area contributed by atoms with Gasteiger partial charge in [-0.3, -0.25) is 0 Å². The van der Waals surface area contributed by atoms with Gasteiger partial charge in [0.2, 0.25) is 0 Å². The van der Waals surface area contributed by atoms with Gasteiger partial charge >= 0.3 is 0 Å². The lowest BCUT2D eigenvalue weighted by molar-refractivity contribution is 0.493. The summed E-state index contributed by atoms with van der Waals surface area (Å²) in [5.41, 5.74) is 0. The van der Waals surface area contributed by atoms with Crippen LogP contribution >= 0.6 is 0 Å². The Hall–Kier alpha value is -0.170. The van der Waals surface area contributed by atoms with Gasteiger partial charge in [-0.2, -0.15) is 12.7 Å². The summed E-state index contributed by atoms with van der Waals surface area (Å²) in [6, 6.07) is 0.301. The molecule has 0 radical (unpaired) electrons. The third-order valence-electron chi connectivity index (χ3n) is 2.16. The molecule has 1 aliphatic rings. The fraction of sp³-hybridized carbons (Fsp3) is 1.00. The van der Waals surface area contributed by atoms with Gasteiger partial charge in [0.25, 0.3) is 10.2 Å². The Bertz CT molecular complexity index is 244. The Morgan fingerprint density at radius 3 is 2.69 bits per heavy atom. The van der Waals surface area contributed by atoms with E-state index in [1.54, 1.807) is 0 Å². The van der Waals surface area contributed by atoms with Crippen LogP contribution in [0.3, 0.4) is 0 Å². The highest BCUT2D eigenvalue weighted by molar-refractivity contribution is 7.87.